The average Bonchev–Trinajstić information content (AvgIpc) is 3.25. The van der Waals surface area contributed by atoms with Gasteiger partial charge in [0.2, 0.25) is 10.0 Å². The lowest BCUT2D eigenvalue weighted by atomic mass is 10.0. The SMILES string of the molecule is Cc1nc(CN2C[C@@]3(CCN(C(=O)N(C)C)C3)Oc3ccccc3S2(=O)=O)cs1. The Morgan fingerprint density at radius 2 is 2.07 bits per heavy atom. The fourth-order valence-electron chi connectivity index (χ4n) is 3.86. The highest BCUT2D eigenvalue weighted by Crippen LogP contribution is 2.39. The lowest BCUT2D eigenvalue weighted by molar-refractivity contribution is 0.0592. The number of carbonyl (C=O) groups is 1. The lowest BCUT2D eigenvalue weighted by Gasteiger charge is -2.32. The number of amides is 2. The van der Waals surface area contributed by atoms with Gasteiger partial charge in [-0.15, -0.1) is 11.3 Å². The van der Waals surface area contributed by atoms with Crippen LogP contribution in [0.5, 0.6) is 5.75 Å². The van der Waals surface area contributed by atoms with E-state index in [9.17, 15) is 13.2 Å². The lowest BCUT2D eigenvalue weighted by Crippen LogP contribution is -2.50. The van der Waals surface area contributed by atoms with Crippen molar-refractivity contribution < 1.29 is 17.9 Å². The van der Waals surface area contributed by atoms with Crippen LogP contribution in [-0.4, -0.2) is 72.9 Å². The first kappa shape index (κ1) is 20.1. The van der Waals surface area contributed by atoms with Crippen LogP contribution in [0.3, 0.4) is 0 Å². The van der Waals surface area contributed by atoms with Crippen molar-refractivity contribution >= 4 is 27.4 Å². The molecule has 0 bridgehead atoms. The number of hydrogen-bond acceptors (Lipinski definition) is 6. The van der Waals surface area contributed by atoms with Crippen molar-refractivity contribution in [1.29, 1.82) is 0 Å². The predicted octanol–water partition coefficient (Wildman–Crippen LogP) is 2.16. The van der Waals surface area contributed by atoms with Gasteiger partial charge >= 0.3 is 6.03 Å². The van der Waals surface area contributed by atoms with E-state index in [1.165, 1.54) is 20.5 Å². The van der Waals surface area contributed by atoms with Crippen molar-refractivity contribution in [3.63, 3.8) is 0 Å². The largest absolute Gasteiger partial charge is 0.483 e. The maximum Gasteiger partial charge on any atom is 0.319 e. The summed E-state index contributed by atoms with van der Waals surface area (Å²) in [6.07, 6.45) is 0.559. The first-order valence-corrected chi connectivity index (χ1v) is 11.7. The monoisotopic (exact) mass is 436 g/mol. The number of sulfonamides is 1. The van der Waals surface area contributed by atoms with Crippen molar-refractivity contribution in [2.75, 3.05) is 33.7 Å². The summed E-state index contributed by atoms with van der Waals surface area (Å²) < 4.78 is 34.6. The quantitative estimate of drug-likeness (QED) is 0.721. The third-order valence-corrected chi connectivity index (χ3v) is 7.89. The molecule has 1 aromatic heterocycles. The number of aryl methyl sites for hydroxylation is 1. The second-order valence-corrected chi connectivity index (χ2v) is 10.7. The molecule has 8 nitrogen and oxygen atoms in total. The van der Waals surface area contributed by atoms with E-state index in [0.29, 0.717) is 31.0 Å². The van der Waals surface area contributed by atoms with Gasteiger partial charge in [-0.05, 0) is 19.1 Å². The third-order valence-electron chi connectivity index (χ3n) is 5.23. The van der Waals surface area contributed by atoms with Crippen molar-refractivity contribution in [2.45, 2.75) is 30.4 Å². The van der Waals surface area contributed by atoms with Crippen molar-refractivity contribution in [2.24, 2.45) is 0 Å². The number of carbonyl (C=O) groups excluding carboxylic acids is 1. The minimum Gasteiger partial charge on any atom is -0.483 e. The molecule has 29 heavy (non-hydrogen) atoms. The summed E-state index contributed by atoms with van der Waals surface area (Å²) >= 11 is 1.49. The summed E-state index contributed by atoms with van der Waals surface area (Å²) in [5.74, 6) is 0.337. The molecule has 0 radical (unpaired) electrons. The average molecular weight is 437 g/mol. The number of urea groups is 1. The van der Waals surface area contributed by atoms with E-state index < -0.39 is 15.6 Å². The van der Waals surface area contributed by atoms with Crippen LogP contribution in [0, 0.1) is 6.92 Å². The van der Waals surface area contributed by atoms with E-state index in [1.54, 1.807) is 43.3 Å². The number of aromatic nitrogens is 1. The van der Waals surface area contributed by atoms with Crippen LogP contribution in [-0.2, 0) is 16.6 Å². The number of nitrogens with zero attached hydrogens (tertiary/aromatic N) is 4. The van der Waals surface area contributed by atoms with Crippen LogP contribution in [0.4, 0.5) is 4.79 Å². The number of para-hydroxylation sites is 1. The molecule has 156 valence electrons. The zero-order valence-corrected chi connectivity index (χ0v) is 18.3. The van der Waals surface area contributed by atoms with Crippen LogP contribution >= 0.6 is 11.3 Å². The van der Waals surface area contributed by atoms with E-state index in [-0.39, 0.29) is 24.0 Å². The van der Waals surface area contributed by atoms with Gasteiger partial charge in [-0.25, -0.2) is 18.2 Å². The molecule has 2 amide bonds. The molecule has 1 aromatic carbocycles. The Kier molecular flexibility index (Phi) is 5.04. The van der Waals surface area contributed by atoms with Crippen LogP contribution in [0.1, 0.15) is 17.1 Å². The number of likely N-dealkylation sites (tertiary alicyclic amines) is 1. The van der Waals surface area contributed by atoms with Crippen molar-refractivity contribution in [3.05, 3.63) is 40.3 Å². The zero-order chi connectivity index (χ0) is 20.8. The predicted molar refractivity (Wildman–Crippen MR) is 110 cm³/mol. The Morgan fingerprint density at radius 1 is 1.31 bits per heavy atom. The number of thiazole rings is 1. The van der Waals surface area contributed by atoms with Crippen LogP contribution in [0.2, 0.25) is 0 Å². The van der Waals surface area contributed by atoms with E-state index in [2.05, 4.69) is 4.98 Å². The van der Waals surface area contributed by atoms with Gasteiger partial charge in [0.1, 0.15) is 16.2 Å². The number of rotatable bonds is 2. The van der Waals surface area contributed by atoms with E-state index in [0.717, 1.165) is 5.01 Å². The Bertz CT molecular complexity index is 1040. The second kappa shape index (κ2) is 7.26. The fourth-order valence-corrected chi connectivity index (χ4v) is 6.07. The summed E-state index contributed by atoms with van der Waals surface area (Å²) in [4.78, 5) is 20.3. The number of benzene rings is 1. The second-order valence-electron chi connectivity index (χ2n) is 7.71. The highest BCUT2D eigenvalue weighted by Gasteiger charge is 2.49. The minimum absolute atomic E-state index is 0.104. The number of ether oxygens (including phenoxy) is 1. The number of fused-ring (bicyclic) bond motifs is 1. The molecule has 4 rings (SSSR count). The molecular weight excluding hydrogens is 412 g/mol. The first-order valence-electron chi connectivity index (χ1n) is 9.36. The standard InChI is InChI=1S/C19H24N4O4S2/c1-14-20-15(11-28-14)10-23-13-19(8-9-22(12-19)18(24)21(2)3)27-16-6-4-5-7-17(16)29(23,25)26/h4-7,11H,8-10,12-13H2,1-3H3/t19-/m0/s1. The molecule has 0 saturated carbocycles. The van der Waals surface area contributed by atoms with E-state index in [4.69, 9.17) is 4.74 Å². The molecule has 2 aromatic rings. The van der Waals surface area contributed by atoms with Gasteiger partial charge < -0.3 is 14.5 Å². The smallest absolute Gasteiger partial charge is 0.319 e. The van der Waals surface area contributed by atoms with Crippen LogP contribution in [0.25, 0.3) is 0 Å². The Morgan fingerprint density at radius 3 is 2.76 bits per heavy atom. The molecule has 1 spiro atoms. The zero-order valence-electron chi connectivity index (χ0n) is 16.7. The van der Waals surface area contributed by atoms with Gasteiger partial charge in [-0.3, -0.25) is 0 Å². The van der Waals surface area contributed by atoms with E-state index >= 15 is 0 Å². The molecule has 1 saturated heterocycles. The highest BCUT2D eigenvalue weighted by molar-refractivity contribution is 7.89. The van der Waals surface area contributed by atoms with Gasteiger partial charge in [0.25, 0.3) is 0 Å². The summed E-state index contributed by atoms with van der Waals surface area (Å²) in [5, 5.41) is 2.77. The topological polar surface area (TPSA) is 83.1 Å². The fraction of sp³-hybridized carbons (Fsp3) is 0.474. The third kappa shape index (κ3) is 3.72. The van der Waals surface area contributed by atoms with Crippen LogP contribution in [0.15, 0.2) is 34.5 Å². The summed E-state index contributed by atoms with van der Waals surface area (Å²) in [6, 6.07) is 6.61. The number of hydrogen-bond donors (Lipinski definition) is 0. The van der Waals surface area contributed by atoms with E-state index in [1.807, 2.05) is 12.3 Å². The molecule has 1 fully saturated rings. The van der Waals surface area contributed by atoms with Gasteiger partial charge in [-0.2, -0.15) is 4.31 Å². The first-order chi connectivity index (χ1) is 13.7. The molecule has 1 atom stereocenters. The molecule has 10 heteroatoms. The van der Waals surface area contributed by atoms with Gasteiger partial charge in [0.05, 0.1) is 30.3 Å². The van der Waals surface area contributed by atoms with Crippen molar-refractivity contribution in [1.82, 2.24) is 19.1 Å². The minimum atomic E-state index is -3.77. The Labute approximate surface area is 174 Å². The molecule has 0 N–H and O–H groups in total. The molecule has 3 heterocycles. The van der Waals surface area contributed by atoms with Gasteiger partial charge in [0.15, 0.2) is 0 Å². The maximum atomic E-state index is 13.4. The normalized spacial score (nSPS) is 23.5. The maximum absolute atomic E-state index is 13.4. The van der Waals surface area contributed by atoms with Gasteiger partial charge in [-0.1, -0.05) is 12.1 Å². The van der Waals surface area contributed by atoms with Gasteiger partial charge in [0, 0.05) is 32.4 Å². The highest BCUT2D eigenvalue weighted by atomic mass is 32.2. The summed E-state index contributed by atoms with van der Waals surface area (Å²) in [7, 11) is -0.354. The Hall–Kier alpha value is -2.17. The molecule has 2 aliphatic rings. The molecule has 2 aliphatic heterocycles. The van der Waals surface area contributed by atoms with Crippen LogP contribution < -0.4 is 4.74 Å². The Balaban J connectivity index is 1.73. The molecule has 0 aliphatic carbocycles. The molecule has 0 unspecified atom stereocenters. The summed E-state index contributed by atoms with van der Waals surface area (Å²) in [6.45, 7) is 3.08. The van der Waals surface area contributed by atoms with Crippen molar-refractivity contribution in [3.8, 4) is 5.75 Å². The molecular formula is C19H24N4O4S2. The summed E-state index contributed by atoms with van der Waals surface area (Å²) in [5.41, 5.74) is -0.0824.